The van der Waals surface area contributed by atoms with Gasteiger partial charge in [-0.25, -0.2) is 22.0 Å². The number of nitrogens with zero attached hydrogens (tertiary/aromatic N) is 22. The molecular weight excluding hydrogens is 1920 g/mol. The fourth-order valence-electron chi connectivity index (χ4n) is 19.0. The molecule has 2 aliphatic heterocycles. The van der Waals surface area contributed by atoms with Crippen LogP contribution in [-0.2, 0) is 75.5 Å². The Morgan fingerprint density at radius 1 is 0.388 bits per heavy atom. The quantitative estimate of drug-likeness (QED) is 0.0426. The third-order valence-electron chi connectivity index (χ3n) is 26.6. The van der Waals surface area contributed by atoms with E-state index in [-0.39, 0.29) is 29.1 Å². The van der Waals surface area contributed by atoms with Gasteiger partial charge in [0.15, 0.2) is 28.2 Å². The highest BCUT2D eigenvalue weighted by Gasteiger charge is 2.26. The van der Waals surface area contributed by atoms with Crippen LogP contribution in [0.1, 0.15) is 97.8 Å². The second-order valence-electron chi connectivity index (χ2n) is 35.6. The minimum atomic E-state index is -0.274. The van der Waals surface area contributed by atoms with Crippen LogP contribution >= 0.6 is 23.2 Å². The number of nitrogens with one attached hydrogen (secondary N) is 1. The second-order valence-corrected chi connectivity index (χ2v) is 36.5. The Bertz CT molecular complexity index is 7970. The standard InChI is InChI=1S/C24H27FN6O2.C23H25FN6O.C21H16Cl2FN3O.C21H21FN4O2.C21H19FN4O/c1-32-23-4-2-3-22(25)21(23)8-6-19-5-7-20(24-28-26-17-31(19)24)18-15-27-30(16-18)10-9-29-11-13-33-14-12-29;1-31-22-4-2-3-21(24)20(22)8-6-17-5-7-19(23-28-26-15-29(17)23)16-13-27-30(14-16)18-9-11-25-12-10-18;1-28-20-4-2-3-19(24)17(20)10-7-14-6-9-16(21-26-25-12-27(14)21)15-8-5-13(22)11-18(15)23;1-12-9-18(22)16(19(10-12)27-4)7-5-15-6-8-17(21-24-23-11-26(15)21)20-13(2)25-28-14(20)3;1-14-11-19(22)18(20(12-14)27-2)6-4-16-3-5-17(15-7-9-23-10-8-15)21-25-24-13-26(16)21/h2-5,7,15-17H,6,8-14H2,1H3;2-5,7,13-15,18,25H,6,8-12H2,1H3;2-6,8-9,11-12H,7,10H2,1H3;6,8-11H,5,7H2,1-4H3;3,5,7-13H,4,6H2,1-2H3. The van der Waals surface area contributed by atoms with E-state index in [4.69, 9.17) is 56.1 Å². The maximum atomic E-state index is 14.5. The molecule has 0 aliphatic carbocycles. The summed E-state index contributed by atoms with van der Waals surface area (Å²) in [6.45, 7) is 14.8. The third-order valence-corrected chi connectivity index (χ3v) is 27.1. The van der Waals surface area contributed by atoms with Gasteiger partial charge >= 0.3 is 0 Å². The normalized spacial score (nSPS) is 12.8. The Kier molecular flexibility index (Phi) is 32.4. The van der Waals surface area contributed by atoms with Gasteiger partial charge < -0.3 is 38.3 Å². The predicted octanol–water partition coefficient (Wildman–Crippen LogP) is 20.2. The van der Waals surface area contributed by atoms with Crippen LogP contribution in [-0.4, -0.2) is 189 Å². The number of benzene rings is 6. The van der Waals surface area contributed by atoms with Crippen molar-refractivity contribution < 1.29 is 54.9 Å². The molecule has 0 atom stereocenters. The maximum absolute atomic E-state index is 14.5. The zero-order chi connectivity index (χ0) is 102. The van der Waals surface area contributed by atoms with Gasteiger partial charge in [-0.3, -0.25) is 41.3 Å². The monoisotopic (exact) mass is 2030 g/mol. The van der Waals surface area contributed by atoms with Gasteiger partial charge in [-0.1, -0.05) is 52.6 Å². The van der Waals surface area contributed by atoms with Gasteiger partial charge in [-0.15, -0.1) is 51.0 Å². The molecule has 0 radical (unpaired) electrons. The third kappa shape index (κ3) is 23.0. The zero-order valence-corrected chi connectivity index (χ0v) is 84.1. The van der Waals surface area contributed by atoms with Crippen molar-refractivity contribution in [2.75, 3.05) is 81.5 Å². The predicted molar refractivity (Wildman–Crippen MR) is 551 cm³/mol. The summed E-state index contributed by atoms with van der Waals surface area (Å²) >= 11 is 12.4. The lowest BCUT2D eigenvalue weighted by Crippen LogP contribution is -2.38. The average molecular weight is 2030 g/mol. The Morgan fingerprint density at radius 2 is 0.776 bits per heavy atom. The number of piperidine rings is 1. The SMILES string of the molecule is COc1cc(C)cc(F)c1CCc1ccc(-c2c(C)noc2C)c2nncn12.COc1cc(C)cc(F)c1CCc1ccc(-c2ccncc2)c2nncn12.COc1cccc(F)c1CCc1ccc(-c2ccc(Cl)cc2Cl)c2nncn12.COc1cccc(F)c1CCc1ccc(-c2cnn(C3CCNCC3)c2)c2nncn12.COc1cccc(F)c1CCc1ccc(-c2cnn(CCN3CCOCC3)c2)c2nncn12. The molecule has 6 aromatic carbocycles. The Morgan fingerprint density at radius 3 is 1.20 bits per heavy atom. The van der Waals surface area contributed by atoms with Crippen molar-refractivity contribution >= 4 is 51.4 Å². The van der Waals surface area contributed by atoms with E-state index < -0.39 is 0 Å². The number of pyridine rings is 6. The lowest BCUT2D eigenvalue weighted by molar-refractivity contribution is 0.0360. The number of halogens is 7. The van der Waals surface area contributed by atoms with E-state index in [2.05, 4.69) is 105 Å². The smallest absolute Gasteiger partial charge is 0.168 e. The number of fused-ring (bicyclic) bond motifs is 5. The zero-order valence-electron chi connectivity index (χ0n) is 82.6. The van der Waals surface area contributed by atoms with E-state index in [9.17, 15) is 22.0 Å². The molecule has 16 heterocycles. The molecule has 0 unspecified atom stereocenters. The summed E-state index contributed by atoms with van der Waals surface area (Å²) in [5, 5.41) is 59.6. The van der Waals surface area contributed by atoms with Crippen LogP contribution in [0.2, 0.25) is 10.0 Å². The molecular formula is C110H108Cl2F5N23O7. The number of aryl methyl sites for hydroxylation is 9. The van der Waals surface area contributed by atoms with Gasteiger partial charge in [0, 0.05) is 150 Å². The van der Waals surface area contributed by atoms with Gasteiger partial charge in [-0.05, 0) is 280 Å². The Labute approximate surface area is 854 Å². The van der Waals surface area contributed by atoms with E-state index in [0.29, 0.717) is 143 Å². The van der Waals surface area contributed by atoms with Gasteiger partial charge in [0.2, 0.25) is 0 Å². The summed E-state index contributed by atoms with van der Waals surface area (Å²) < 4.78 is 123. The summed E-state index contributed by atoms with van der Waals surface area (Å²) in [6, 6.07) is 51.3. The van der Waals surface area contributed by atoms with Crippen LogP contribution in [0.15, 0.2) is 243 Å². The Hall–Kier alpha value is -15.7. The molecule has 0 spiro atoms. The number of ether oxygens (including phenoxy) is 6. The fraction of sp³-hybridized carbons (Fsp3) is 0.273. The number of aromatic nitrogens is 21. The van der Waals surface area contributed by atoms with Gasteiger partial charge in [0.25, 0.3) is 0 Å². The minimum Gasteiger partial charge on any atom is -0.496 e. The van der Waals surface area contributed by atoms with Crippen LogP contribution < -0.4 is 29.0 Å². The first-order valence-electron chi connectivity index (χ1n) is 48.3. The molecule has 2 saturated heterocycles. The second kappa shape index (κ2) is 47.0. The number of hydrogen-bond donors (Lipinski definition) is 1. The van der Waals surface area contributed by atoms with Crippen molar-refractivity contribution in [3.8, 4) is 84.4 Å². The molecule has 754 valence electrons. The summed E-state index contributed by atoms with van der Waals surface area (Å²) in [6.07, 6.45) is 27.7. The summed E-state index contributed by atoms with van der Waals surface area (Å²) in [5.74, 6) is 2.32. The molecule has 0 saturated carbocycles. The maximum Gasteiger partial charge on any atom is 0.168 e. The average Bonchev–Trinajstić information content (AvgIpc) is 1.79. The van der Waals surface area contributed by atoms with Crippen LogP contribution in [0, 0.1) is 56.8 Å². The molecule has 30 nitrogen and oxygen atoms in total. The van der Waals surface area contributed by atoms with Crippen molar-refractivity contribution in [1.82, 2.24) is 113 Å². The van der Waals surface area contributed by atoms with E-state index >= 15 is 0 Å². The van der Waals surface area contributed by atoms with E-state index in [0.717, 1.165) is 195 Å². The molecule has 14 aromatic heterocycles. The molecule has 2 fully saturated rings. The first-order chi connectivity index (χ1) is 71.7. The van der Waals surface area contributed by atoms with E-state index in [1.807, 2.05) is 152 Å². The van der Waals surface area contributed by atoms with Gasteiger partial charge in [0.05, 0.1) is 90.0 Å². The largest absolute Gasteiger partial charge is 0.496 e. The summed E-state index contributed by atoms with van der Waals surface area (Å²) in [7, 11) is 7.80. The molecule has 22 rings (SSSR count). The topological polar surface area (TPSA) is 296 Å². The summed E-state index contributed by atoms with van der Waals surface area (Å²) in [5.41, 5.74) is 23.6. The number of rotatable bonds is 29. The van der Waals surface area contributed by atoms with Crippen molar-refractivity contribution in [3.63, 3.8) is 0 Å². The minimum absolute atomic E-state index is 0.236. The van der Waals surface area contributed by atoms with Gasteiger partial charge in [0.1, 0.15) is 95.2 Å². The molecule has 0 amide bonds. The molecule has 0 bridgehead atoms. The Balaban J connectivity index is 0.000000121. The molecule has 1 N–H and O–H groups in total. The molecule has 147 heavy (non-hydrogen) atoms. The van der Waals surface area contributed by atoms with E-state index in [1.54, 1.807) is 134 Å². The molecule has 20 aromatic rings. The fourth-order valence-corrected chi connectivity index (χ4v) is 19.5. The highest BCUT2D eigenvalue weighted by molar-refractivity contribution is 6.36. The first kappa shape index (κ1) is 101. The highest BCUT2D eigenvalue weighted by Crippen LogP contribution is 2.39. The van der Waals surface area contributed by atoms with Crippen LogP contribution in [0.5, 0.6) is 28.7 Å². The van der Waals surface area contributed by atoms with Crippen LogP contribution in [0.4, 0.5) is 22.0 Å². The number of methoxy groups -OCH3 is 5. The molecule has 37 heteroatoms. The van der Waals surface area contributed by atoms with Crippen molar-refractivity contribution in [2.24, 2.45) is 0 Å². The number of hydrogen-bond acceptors (Lipinski definition) is 23. The van der Waals surface area contributed by atoms with Crippen LogP contribution in [0.25, 0.3) is 83.9 Å². The van der Waals surface area contributed by atoms with E-state index in [1.165, 1.54) is 24.3 Å². The lowest BCUT2D eigenvalue weighted by Gasteiger charge is -2.26. The van der Waals surface area contributed by atoms with Crippen molar-refractivity contribution in [2.45, 2.75) is 117 Å². The van der Waals surface area contributed by atoms with Gasteiger partial charge in [-0.2, -0.15) is 10.2 Å². The molecule has 2 aliphatic rings. The number of morpholine rings is 1. The lowest BCUT2D eigenvalue weighted by atomic mass is 10.0. The highest BCUT2D eigenvalue weighted by atomic mass is 35.5. The summed E-state index contributed by atoms with van der Waals surface area (Å²) in [4.78, 5) is 6.45. The first-order valence-corrected chi connectivity index (χ1v) is 49.0. The van der Waals surface area contributed by atoms with Crippen molar-refractivity contribution in [3.05, 3.63) is 357 Å². The van der Waals surface area contributed by atoms with Crippen LogP contribution in [0.3, 0.4) is 0 Å². The van der Waals surface area contributed by atoms with Crippen molar-refractivity contribution in [1.29, 1.82) is 0 Å².